The van der Waals surface area contributed by atoms with Crippen LogP contribution in [0.2, 0.25) is 0 Å². The van der Waals surface area contributed by atoms with Crippen molar-refractivity contribution < 1.29 is 18.7 Å². The van der Waals surface area contributed by atoms with Gasteiger partial charge in [-0.2, -0.15) is 0 Å². The largest absolute Gasteiger partial charge is 0.493 e. The number of hydrogen-bond donors (Lipinski definition) is 1. The number of carbonyl (C=O) groups excluding carboxylic acids is 2. The van der Waals surface area contributed by atoms with Crippen LogP contribution in [0.1, 0.15) is 16.1 Å². The van der Waals surface area contributed by atoms with Crippen molar-refractivity contribution in [3.8, 4) is 5.75 Å². The molecule has 2 aliphatic rings. The van der Waals surface area contributed by atoms with Crippen LogP contribution in [0.15, 0.2) is 41.0 Å². The van der Waals surface area contributed by atoms with Crippen LogP contribution < -0.4 is 10.1 Å². The van der Waals surface area contributed by atoms with E-state index in [0.29, 0.717) is 38.5 Å². The molecule has 0 radical (unpaired) electrons. The van der Waals surface area contributed by atoms with Crippen molar-refractivity contribution in [2.45, 2.75) is 6.42 Å². The first-order valence-electron chi connectivity index (χ1n) is 8.35. The van der Waals surface area contributed by atoms with Gasteiger partial charge in [-0.25, -0.2) is 4.79 Å². The van der Waals surface area contributed by atoms with E-state index >= 15 is 0 Å². The third-order valence-electron chi connectivity index (χ3n) is 4.53. The number of amides is 3. The van der Waals surface area contributed by atoms with Crippen LogP contribution in [0.4, 0.5) is 10.5 Å². The molecule has 2 aromatic rings. The Balaban J connectivity index is 1.33. The number of anilines is 1. The maximum atomic E-state index is 12.4. The summed E-state index contributed by atoms with van der Waals surface area (Å²) in [6.45, 7) is 2.66. The van der Waals surface area contributed by atoms with E-state index in [1.807, 2.05) is 18.2 Å². The molecule has 7 heteroatoms. The third kappa shape index (κ3) is 3.17. The molecule has 25 heavy (non-hydrogen) atoms. The van der Waals surface area contributed by atoms with Gasteiger partial charge in [0.25, 0.3) is 5.91 Å². The minimum atomic E-state index is -0.149. The molecule has 1 fully saturated rings. The molecular weight excluding hydrogens is 322 g/mol. The summed E-state index contributed by atoms with van der Waals surface area (Å²) in [6, 6.07) is 8.88. The molecular formula is C18H19N3O4. The van der Waals surface area contributed by atoms with E-state index in [1.165, 1.54) is 6.26 Å². The fourth-order valence-corrected chi connectivity index (χ4v) is 3.14. The third-order valence-corrected chi connectivity index (χ3v) is 4.53. The van der Waals surface area contributed by atoms with Gasteiger partial charge < -0.3 is 24.3 Å². The number of hydrogen-bond acceptors (Lipinski definition) is 4. The lowest BCUT2D eigenvalue weighted by Gasteiger charge is -2.34. The van der Waals surface area contributed by atoms with Crippen molar-refractivity contribution in [2.24, 2.45) is 0 Å². The number of nitrogens with zero attached hydrogens (tertiary/aromatic N) is 2. The van der Waals surface area contributed by atoms with Crippen LogP contribution in [0.3, 0.4) is 0 Å². The molecule has 0 spiro atoms. The van der Waals surface area contributed by atoms with Crippen molar-refractivity contribution in [3.63, 3.8) is 0 Å². The Morgan fingerprint density at radius 3 is 2.60 bits per heavy atom. The van der Waals surface area contributed by atoms with Gasteiger partial charge in [0.15, 0.2) is 5.76 Å². The highest BCUT2D eigenvalue weighted by molar-refractivity contribution is 5.92. The molecule has 1 saturated heterocycles. The van der Waals surface area contributed by atoms with E-state index in [9.17, 15) is 9.59 Å². The van der Waals surface area contributed by atoms with Crippen molar-refractivity contribution >= 4 is 17.6 Å². The molecule has 1 N–H and O–H groups in total. The molecule has 0 atom stereocenters. The van der Waals surface area contributed by atoms with Crippen molar-refractivity contribution in [2.75, 3.05) is 38.1 Å². The zero-order valence-corrected chi connectivity index (χ0v) is 13.7. The van der Waals surface area contributed by atoms with Crippen molar-refractivity contribution in [1.29, 1.82) is 0 Å². The summed E-state index contributed by atoms with van der Waals surface area (Å²) in [6.07, 6.45) is 2.35. The summed E-state index contributed by atoms with van der Waals surface area (Å²) < 4.78 is 10.6. The van der Waals surface area contributed by atoms with Gasteiger partial charge in [-0.1, -0.05) is 0 Å². The fraction of sp³-hybridized carbons (Fsp3) is 0.333. The molecule has 0 bridgehead atoms. The number of nitrogens with one attached hydrogen (secondary N) is 1. The smallest absolute Gasteiger partial charge is 0.321 e. The Hall–Kier alpha value is -2.96. The molecule has 1 aromatic carbocycles. The van der Waals surface area contributed by atoms with Gasteiger partial charge in [-0.15, -0.1) is 0 Å². The topological polar surface area (TPSA) is 75.0 Å². The highest BCUT2D eigenvalue weighted by Crippen LogP contribution is 2.28. The van der Waals surface area contributed by atoms with Gasteiger partial charge in [0.1, 0.15) is 5.75 Å². The van der Waals surface area contributed by atoms with Gasteiger partial charge in [-0.05, 0) is 35.9 Å². The molecule has 7 nitrogen and oxygen atoms in total. The molecule has 1 aromatic heterocycles. The van der Waals surface area contributed by atoms with Crippen LogP contribution in [-0.2, 0) is 6.42 Å². The molecule has 0 unspecified atom stereocenters. The first kappa shape index (κ1) is 15.6. The number of furan rings is 1. The van der Waals surface area contributed by atoms with Crippen LogP contribution in [0, 0.1) is 0 Å². The normalized spacial score (nSPS) is 16.3. The molecule has 2 aliphatic heterocycles. The molecule has 0 aliphatic carbocycles. The summed E-state index contributed by atoms with van der Waals surface area (Å²) >= 11 is 0. The highest BCUT2D eigenvalue weighted by Gasteiger charge is 2.26. The lowest BCUT2D eigenvalue weighted by atomic mass is 10.1. The van der Waals surface area contributed by atoms with Gasteiger partial charge in [0, 0.05) is 38.3 Å². The van der Waals surface area contributed by atoms with Gasteiger partial charge in [0.2, 0.25) is 0 Å². The zero-order valence-electron chi connectivity index (χ0n) is 13.7. The minimum absolute atomic E-state index is 0.135. The standard InChI is InChI=1S/C18H19N3O4/c22-17(16-2-1-10-24-16)20-6-8-21(9-7-20)18(23)19-14-3-4-15-13(12-14)5-11-25-15/h1-4,10,12H,5-9,11H2,(H,19,23). The Morgan fingerprint density at radius 2 is 1.84 bits per heavy atom. The molecule has 3 amide bonds. The number of ether oxygens (including phenoxy) is 1. The van der Waals surface area contributed by atoms with Gasteiger partial charge in [0.05, 0.1) is 12.9 Å². The van der Waals surface area contributed by atoms with Crippen LogP contribution >= 0.6 is 0 Å². The van der Waals surface area contributed by atoms with E-state index in [1.54, 1.807) is 21.9 Å². The Kier molecular flexibility index (Phi) is 4.05. The zero-order chi connectivity index (χ0) is 17.2. The van der Waals surface area contributed by atoms with Crippen molar-refractivity contribution in [1.82, 2.24) is 9.80 Å². The number of urea groups is 1. The summed E-state index contributed by atoms with van der Waals surface area (Å²) in [4.78, 5) is 28.1. The summed E-state index contributed by atoms with van der Waals surface area (Å²) in [5, 5.41) is 2.92. The molecule has 3 heterocycles. The van der Waals surface area contributed by atoms with E-state index in [2.05, 4.69) is 5.32 Å². The Bertz CT molecular complexity index is 780. The van der Waals surface area contributed by atoms with Gasteiger partial charge >= 0.3 is 6.03 Å². The minimum Gasteiger partial charge on any atom is -0.493 e. The van der Waals surface area contributed by atoms with E-state index < -0.39 is 0 Å². The number of rotatable bonds is 2. The first-order chi connectivity index (χ1) is 12.2. The monoisotopic (exact) mass is 341 g/mol. The number of carbonyl (C=O) groups is 2. The maximum Gasteiger partial charge on any atom is 0.321 e. The molecule has 4 rings (SSSR count). The lowest BCUT2D eigenvalue weighted by molar-refractivity contribution is 0.0640. The second kappa shape index (κ2) is 6.51. The second-order valence-corrected chi connectivity index (χ2v) is 6.11. The predicted molar refractivity (Wildman–Crippen MR) is 90.8 cm³/mol. The summed E-state index contributed by atoms with van der Waals surface area (Å²) in [5.74, 6) is 1.09. The average Bonchev–Trinajstić information content (AvgIpc) is 3.32. The predicted octanol–water partition coefficient (Wildman–Crippen LogP) is 2.20. The van der Waals surface area contributed by atoms with Crippen molar-refractivity contribution in [3.05, 3.63) is 47.9 Å². The van der Waals surface area contributed by atoms with Crippen LogP contribution in [0.25, 0.3) is 0 Å². The molecule has 130 valence electrons. The lowest BCUT2D eigenvalue weighted by Crippen LogP contribution is -2.51. The van der Waals surface area contributed by atoms with E-state index in [-0.39, 0.29) is 11.9 Å². The number of benzene rings is 1. The maximum absolute atomic E-state index is 12.4. The highest BCUT2D eigenvalue weighted by atomic mass is 16.5. The fourth-order valence-electron chi connectivity index (χ4n) is 3.14. The van der Waals surface area contributed by atoms with E-state index in [0.717, 1.165) is 23.4 Å². The van der Waals surface area contributed by atoms with Crippen LogP contribution in [-0.4, -0.2) is 54.5 Å². The Morgan fingerprint density at radius 1 is 1.04 bits per heavy atom. The Labute approximate surface area is 145 Å². The molecule has 0 saturated carbocycles. The number of fused-ring (bicyclic) bond motifs is 1. The first-order valence-corrected chi connectivity index (χ1v) is 8.35. The van der Waals surface area contributed by atoms with Crippen LogP contribution in [0.5, 0.6) is 5.75 Å². The number of piperazine rings is 1. The second-order valence-electron chi connectivity index (χ2n) is 6.11. The van der Waals surface area contributed by atoms with Gasteiger partial charge in [-0.3, -0.25) is 4.79 Å². The SMILES string of the molecule is O=C(Nc1ccc2c(c1)CCO2)N1CCN(C(=O)c2ccco2)CC1. The quantitative estimate of drug-likeness (QED) is 0.909. The summed E-state index contributed by atoms with van der Waals surface area (Å²) in [7, 11) is 0. The summed E-state index contributed by atoms with van der Waals surface area (Å²) in [5.41, 5.74) is 1.88. The average molecular weight is 341 g/mol. The van der Waals surface area contributed by atoms with E-state index in [4.69, 9.17) is 9.15 Å².